The van der Waals surface area contributed by atoms with Crippen molar-refractivity contribution in [2.24, 2.45) is 10.2 Å². The Bertz CT molecular complexity index is 888. The Morgan fingerprint density at radius 1 is 1.25 bits per heavy atom. The molecule has 0 saturated carbocycles. The van der Waals surface area contributed by atoms with Crippen molar-refractivity contribution in [1.29, 1.82) is 0 Å². The van der Waals surface area contributed by atoms with E-state index in [0.717, 1.165) is 35.7 Å². The lowest BCUT2D eigenvalue weighted by molar-refractivity contribution is -0.137. The van der Waals surface area contributed by atoms with Gasteiger partial charge in [-0.15, -0.1) is 10.2 Å². The van der Waals surface area contributed by atoms with Crippen LogP contribution in [-0.4, -0.2) is 39.1 Å². The van der Waals surface area contributed by atoms with Crippen LogP contribution in [0.25, 0.3) is 0 Å². The van der Waals surface area contributed by atoms with Gasteiger partial charge in [-0.25, -0.2) is 0 Å². The molecule has 2 saturated heterocycles. The van der Waals surface area contributed by atoms with E-state index < -0.39 is 28.8 Å². The van der Waals surface area contributed by atoms with Gasteiger partial charge in [-0.05, 0) is 18.2 Å². The number of carbonyl (C=O) groups is 3. The minimum Gasteiger partial charge on any atom is -0.326 e. The van der Waals surface area contributed by atoms with Crippen molar-refractivity contribution in [1.82, 2.24) is 10.6 Å². The van der Waals surface area contributed by atoms with E-state index in [2.05, 4.69) is 26.2 Å². The molecule has 0 unspecified atom stereocenters. The molecule has 3 amide bonds. The molecule has 2 aliphatic heterocycles. The fraction of sp³-hybridized carbons (Fsp3) is 0.267. The molecule has 0 aromatic heterocycles. The van der Waals surface area contributed by atoms with Gasteiger partial charge in [-0.2, -0.15) is 13.2 Å². The van der Waals surface area contributed by atoms with Crippen molar-refractivity contribution in [3.63, 3.8) is 0 Å². The summed E-state index contributed by atoms with van der Waals surface area (Å²) in [5, 5.41) is 14.0. The third kappa shape index (κ3) is 5.25. The molecule has 3 N–H and O–H groups in total. The highest BCUT2D eigenvalue weighted by atomic mass is 32.2. The van der Waals surface area contributed by atoms with Crippen molar-refractivity contribution < 1.29 is 27.6 Å². The van der Waals surface area contributed by atoms with Crippen LogP contribution in [0.15, 0.2) is 34.5 Å². The maximum Gasteiger partial charge on any atom is 0.416 e. The SMILES string of the molecule is O=C(C[C@H]1S/C(=N/N=C2\CSC(=O)N2)NC1=O)Nc1cccc(C(F)(F)F)c1. The predicted molar refractivity (Wildman–Crippen MR) is 100 cm³/mol. The number of amidine groups is 2. The first-order chi connectivity index (χ1) is 13.2. The van der Waals surface area contributed by atoms with Gasteiger partial charge in [0.25, 0.3) is 5.24 Å². The second-order valence-electron chi connectivity index (χ2n) is 5.58. The second kappa shape index (κ2) is 8.22. The number of thioether (sulfide) groups is 2. The van der Waals surface area contributed by atoms with Gasteiger partial charge in [-0.1, -0.05) is 29.6 Å². The summed E-state index contributed by atoms with van der Waals surface area (Å²) in [5.74, 6) is -0.383. The van der Waals surface area contributed by atoms with Crippen LogP contribution >= 0.6 is 23.5 Å². The van der Waals surface area contributed by atoms with Crippen LogP contribution in [0.4, 0.5) is 23.7 Å². The summed E-state index contributed by atoms with van der Waals surface area (Å²) < 4.78 is 38.1. The number of halogens is 3. The molecule has 1 aromatic rings. The second-order valence-corrected chi connectivity index (χ2v) is 7.72. The molecule has 148 valence electrons. The first kappa shape index (κ1) is 20.2. The summed E-state index contributed by atoms with van der Waals surface area (Å²) in [4.78, 5) is 35.1. The third-order valence-corrected chi connectivity index (χ3v) is 5.32. The van der Waals surface area contributed by atoms with Crippen LogP contribution < -0.4 is 16.0 Å². The number of carbonyl (C=O) groups excluding carboxylic acids is 3. The number of alkyl halides is 3. The molecule has 1 aromatic carbocycles. The summed E-state index contributed by atoms with van der Waals surface area (Å²) in [6, 6.07) is 4.22. The largest absolute Gasteiger partial charge is 0.416 e. The fourth-order valence-corrected chi connectivity index (χ4v) is 3.73. The smallest absolute Gasteiger partial charge is 0.326 e. The summed E-state index contributed by atoms with van der Waals surface area (Å²) in [6.45, 7) is 0. The lowest BCUT2D eigenvalue weighted by atomic mass is 10.2. The van der Waals surface area contributed by atoms with E-state index in [4.69, 9.17) is 0 Å². The van der Waals surface area contributed by atoms with Gasteiger partial charge in [-0.3, -0.25) is 14.4 Å². The Morgan fingerprint density at radius 2 is 2.04 bits per heavy atom. The van der Waals surface area contributed by atoms with Crippen LogP contribution in [0, 0.1) is 0 Å². The number of anilines is 1. The van der Waals surface area contributed by atoms with Gasteiger partial charge >= 0.3 is 6.18 Å². The number of hydrogen-bond donors (Lipinski definition) is 3. The molecule has 3 rings (SSSR count). The van der Waals surface area contributed by atoms with Gasteiger partial charge in [0, 0.05) is 12.1 Å². The van der Waals surface area contributed by atoms with Crippen molar-refractivity contribution in [2.75, 3.05) is 11.1 Å². The van der Waals surface area contributed by atoms with Crippen LogP contribution in [0.2, 0.25) is 0 Å². The maximum atomic E-state index is 12.7. The molecule has 0 spiro atoms. The Labute approximate surface area is 164 Å². The molecule has 13 heteroatoms. The number of amides is 3. The van der Waals surface area contributed by atoms with Crippen molar-refractivity contribution >= 4 is 57.3 Å². The zero-order valence-corrected chi connectivity index (χ0v) is 15.5. The van der Waals surface area contributed by atoms with Crippen LogP contribution in [0.5, 0.6) is 0 Å². The number of nitrogens with one attached hydrogen (secondary N) is 3. The van der Waals surface area contributed by atoms with E-state index >= 15 is 0 Å². The first-order valence-corrected chi connectivity index (χ1v) is 9.60. The van der Waals surface area contributed by atoms with Gasteiger partial charge in [0.15, 0.2) is 5.17 Å². The van der Waals surface area contributed by atoms with E-state index in [1.807, 2.05) is 0 Å². The lowest BCUT2D eigenvalue weighted by Crippen LogP contribution is -2.28. The molecular weight excluding hydrogens is 419 g/mol. The Kier molecular flexibility index (Phi) is 5.93. The van der Waals surface area contributed by atoms with Crippen LogP contribution in [0.1, 0.15) is 12.0 Å². The number of nitrogens with zero attached hydrogens (tertiary/aromatic N) is 2. The average Bonchev–Trinajstić information content (AvgIpc) is 3.18. The standard InChI is InChI=1S/C15H12F3N5O3S2/c16-15(17,18)7-2-1-3-8(4-7)19-11(24)5-9-12(25)21-13(28-9)23-22-10-6-27-14(26)20-10/h1-4,9H,5-6H2,(H,19,24)(H,20,22,26)(H,21,23,25)/t9-/m1/s1. The highest BCUT2D eigenvalue weighted by Crippen LogP contribution is 2.31. The summed E-state index contributed by atoms with van der Waals surface area (Å²) in [7, 11) is 0. The quantitative estimate of drug-likeness (QED) is 0.634. The van der Waals surface area contributed by atoms with Crippen molar-refractivity contribution in [3.05, 3.63) is 29.8 Å². The normalized spacial score (nSPS) is 22.5. The Morgan fingerprint density at radius 3 is 2.71 bits per heavy atom. The Balaban J connectivity index is 1.57. The molecule has 8 nitrogen and oxygen atoms in total. The summed E-state index contributed by atoms with van der Waals surface area (Å²) in [5.41, 5.74) is -0.901. The number of benzene rings is 1. The minimum absolute atomic E-state index is 0.0157. The lowest BCUT2D eigenvalue weighted by Gasteiger charge is -2.10. The third-order valence-electron chi connectivity index (χ3n) is 3.47. The molecule has 2 fully saturated rings. The average molecular weight is 431 g/mol. The molecule has 0 radical (unpaired) electrons. The van der Waals surface area contributed by atoms with E-state index in [1.54, 1.807) is 0 Å². The monoisotopic (exact) mass is 431 g/mol. The van der Waals surface area contributed by atoms with Gasteiger partial charge in [0.2, 0.25) is 11.8 Å². The molecule has 0 aliphatic carbocycles. The van der Waals surface area contributed by atoms with Gasteiger partial charge in [0.05, 0.1) is 11.3 Å². The predicted octanol–water partition coefficient (Wildman–Crippen LogP) is 2.39. The topological polar surface area (TPSA) is 112 Å². The Hall–Kier alpha value is -2.54. The van der Waals surface area contributed by atoms with E-state index in [1.165, 1.54) is 12.1 Å². The van der Waals surface area contributed by atoms with E-state index in [0.29, 0.717) is 11.6 Å². The van der Waals surface area contributed by atoms with Crippen LogP contribution in [-0.2, 0) is 15.8 Å². The van der Waals surface area contributed by atoms with Gasteiger partial charge in [0.1, 0.15) is 11.1 Å². The zero-order valence-electron chi connectivity index (χ0n) is 13.9. The number of rotatable bonds is 4. The van der Waals surface area contributed by atoms with Crippen molar-refractivity contribution in [3.8, 4) is 0 Å². The summed E-state index contributed by atoms with van der Waals surface area (Å²) in [6.07, 6.45) is -4.78. The fourth-order valence-electron chi connectivity index (χ4n) is 2.22. The highest BCUT2D eigenvalue weighted by molar-refractivity contribution is 8.15. The van der Waals surface area contributed by atoms with E-state index in [9.17, 15) is 27.6 Å². The van der Waals surface area contributed by atoms with Crippen molar-refractivity contribution in [2.45, 2.75) is 17.8 Å². The maximum absolute atomic E-state index is 12.7. The molecule has 28 heavy (non-hydrogen) atoms. The molecule has 1 atom stereocenters. The first-order valence-electron chi connectivity index (χ1n) is 7.73. The molecular formula is C15H12F3N5O3S2. The molecule has 2 aliphatic rings. The molecule has 2 heterocycles. The minimum atomic E-state index is -4.52. The molecule has 0 bridgehead atoms. The van der Waals surface area contributed by atoms with Gasteiger partial charge < -0.3 is 16.0 Å². The van der Waals surface area contributed by atoms with E-state index in [-0.39, 0.29) is 22.5 Å². The highest BCUT2D eigenvalue weighted by Gasteiger charge is 2.33. The summed E-state index contributed by atoms with van der Waals surface area (Å²) >= 11 is 2.00. The zero-order chi connectivity index (χ0) is 20.3. The van der Waals surface area contributed by atoms with Crippen LogP contribution in [0.3, 0.4) is 0 Å². The number of hydrogen-bond acceptors (Lipinski definition) is 7.